The summed E-state index contributed by atoms with van der Waals surface area (Å²) in [5, 5.41) is 0. The van der Waals surface area contributed by atoms with Gasteiger partial charge in [-0.3, -0.25) is 9.36 Å². The summed E-state index contributed by atoms with van der Waals surface area (Å²) in [4.78, 5) is 17.3. The van der Waals surface area contributed by atoms with E-state index in [1.54, 1.807) is 6.92 Å². The maximum Gasteiger partial charge on any atom is 0.319 e. The molecule has 0 aliphatic heterocycles. The van der Waals surface area contributed by atoms with Crippen molar-refractivity contribution in [2.24, 2.45) is 5.73 Å². The van der Waals surface area contributed by atoms with Gasteiger partial charge in [0.05, 0.1) is 12.1 Å². The van der Waals surface area contributed by atoms with E-state index in [9.17, 15) is 13.6 Å². The third-order valence-corrected chi connectivity index (χ3v) is 2.94. The summed E-state index contributed by atoms with van der Waals surface area (Å²) in [6, 6.07) is 0. The van der Waals surface area contributed by atoms with Crippen molar-refractivity contribution in [3.63, 3.8) is 0 Å². The van der Waals surface area contributed by atoms with E-state index in [2.05, 4.69) is 4.98 Å². The number of amides is 1. The van der Waals surface area contributed by atoms with Crippen molar-refractivity contribution >= 4 is 5.91 Å². The van der Waals surface area contributed by atoms with Crippen LogP contribution in [0.2, 0.25) is 0 Å². The van der Waals surface area contributed by atoms with Gasteiger partial charge in [-0.1, -0.05) is 13.3 Å². The molecule has 5 nitrogen and oxygen atoms in total. The average molecular weight is 274 g/mol. The van der Waals surface area contributed by atoms with E-state index in [0.717, 1.165) is 11.0 Å². The van der Waals surface area contributed by atoms with Gasteiger partial charge >= 0.3 is 6.55 Å². The van der Waals surface area contributed by atoms with Crippen LogP contribution in [0.4, 0.5) is 8.78 Å². The lowest BCUT2D eigenvalue weighted by molar-refractivity contribution is -0.136. The summed E-state index contributed by atoms with van der Waals surface area (Å²) in [5.41, 5.74) is 4.95. The van der Waals surface area contributed by atoms with Crippen molar-refractivity contribution in [1.82, 2.24) is 14.5 Å². The molecule has 0 aliphatic rings. The van der Waals surface area contributed by atoms with Crippen LogP contribution < -0.4 is 5.73 Å². The fourth-order valence-electron chi connectivity index (χ4n) is 1.99. The van der Waals surface area contributed by atoms with Gasteiger partial charge in [-0.25, -0.2) is 4.98 Å². The molecule has 1 atom stereocenters. The van der Waals surface area contributed by atoms with Gasteiger partial charge in [0, 0.05) is 19.4 Å². The van der Waals surface area contributed by atoms with Crippen LogP contribution in [0.25, 0.3) is 0 Å². The summed E-state index contributed by atoms with van der Waals surface area (Å²) < 4.78 is 26.1. The molecule has 1 aromatic rings. The number of halogens is 2. The Morgan fingerprint density at radius 1 is 1.63 bits per heavy atom. The number of nitrogens with two attached hydrogens (primary N) is 1. The monoisotopic (exact) mass is 274 g/mol. The number of aromatic nitrogens is 2. The maximum absolute atomic E-state index is 12.7. The van der Waals surface area contributed by atoms with Crippen LogP contribution in [0, 0.1) is 0 Å². The van der Waals surface area contributed by atoms with E-state index in [1.807, 2.05) is 6.92 Å². The predicted octanol–water partition coefficient (Wildman–Crippen LogP) is 1.75. The molecule has 0 radical (unpaired) electrons. The second-order valence-electron chi connectivity index (χ2n) is 4.86. The summed E-state index contributed by atoms with van der Waals surface area (Å²) in [6.07, 6.45) is 3.79. The SMILES string of the molecule is CCCC(C)(N)C(=O)N(C)Cc1nccn1C(F)F. The number of imidazole rings is 1. The van der Waals surface area contributed by atoms with E-state index in [1.165, 1.54) is 24.3 Å². The number of alkyl halides is 2. The molecule has 2 N–H and O–H groups in total. The molecule has 0 aromatic carbocycles. The molecule has 1 unspecified atom stereocenters. The van der Waals surface area contributed by atoms with Crippen LogP contribution >= 0.6 is 0 Å². The lowest BCUT2D eigenvalue weighted by Gasteiger charge is -2.28. The highest BCUT2D eigenvalue weighted by Crippen LogP contribution is 2.16. The van der Waals surface area contributed by atoms with E-state index in [0.29, 0.717) is 6.42 Å². The van der Waals surface area contributed by atoms with Gasteiger partial charge < -0.3 is 10.6 Å². The van der Waals surface area contributed by atoms with Gasteiger partial charge in [-0.2, -0.15) is 8.78 Å². The Kier molecular flexibility index (Phi) is 4.99. The van der Waals surface area contributed by atoms with Gasteiger partial charge in [0.25, 0.3) is 0 Å². The van der Waals surface area contributed by atoms with Crippen LogP contribution in [0.5, 0.6) is 0 Å². The highest BCUT2D eigenvalue weighted by atomic mass is 19.3. The Labute approximate surface area is 111 Å². The first-order valence-electron chi connectivity index (χ1n) is 6.14. The number of carbonyl (C=O) groups excluding carboxylic acids is 1. The van der Waals surface area contributed by atoms with Crippen molar-refractivity contribution in [2.45, 2.75) is 45.3 Å². The Balaban J connectivity index is 2.77. The highest BCUT2D eigenvalue weighted by molar-refractivity contribution is 5.85. The number of nitrogens with zero attached hydrogens (tertiary/aromatic N) is 3. The van der Waals surface area contributed by atoms with E-state index >= 15 is 0 Å². The maximum atomic E-state index is 12.7. The third-order valence-electron chi connectivity index (χ3n) is 2.94. The summed E-state index contributed by atoms with van der Waals surface area (Å²) in [7, 11) is 1.54. The molecule has 0 bridgehead atoms. The molecule has 108 valence electrons. The topological polar surface area (TPSA) is 64.2 Å². The minimum atomic E-state index is -2.67. The van der Waals surface area contributed by atoms with Crippen molar-refractivity contribution < 1.29 is 13.6 Å². The molecule has 19 heavy (non-hydrogen) atoms. The first-order chi connectivity index (χ1) is 8.79. The van der Waals surface area contributed by atoms with Gasteiger partial charge in [0.2, 0.25) is 5.91 Å². The quantitative estimate of drug-likeness (QED) is 0.859. The number of carbonyl (C=O) groups is 1. The summed E-state index contributed by atoms with van der Waals surface area (Å²) in [5.74, 6) is -0.142. The van der Waals surface area contributed by atoms with E-state index < -0.39 is 12.1 Å². The van der Waals surface area contributed by atoms with Crippen LogP contribution in [-0.4, -0.2) is 32.9 Å². The second kappa shape index (κ2) is 6.10. The van der Waals surface area contributed by atoms with Gasteiger partial charge in [0.15, 0.2) is 0 Å². The number of hydrogen-bond donors (Lipinski definition) is 1. The molecule has 1 heterocycles. The number of hydrogen-bond acceptors (Lipinski definition) is 3. The minimum absolute atomic E-state index is 0.00662. The highest BCUT2D eigenvalue weighted by Gasteiger charge is 2.30. The van der Waals surface area contributed by atoms with Crippen LogP contribution in [0.3, 0.4) is 0 Å². The standard InChI is InChI=1S/C12H20F2N4O/c1-4-5-12(2,15)10(19)17(3)8-9-16-6-7-18(9)11(13)14/h6-7,11H,4-5,8,15H2,1-3H3. The van der Waals surface area contributed by atoms with Crippen LogP contribution in [0.15, 0.2) is 12.4 Å². The summed E-state index contributed by atoms with van der Waals surface area (Å²) in [6.45, 7) is 0.921. The molecule has 0 fully saturated rings. The zero-order chi connectivity index (χ0) is 14.6. The average Bonchev–Trinajstić information content (AvgIpc) is 2.76. The zero-order valence-corrected chi connectivity index (χ0v) is 11.4. The third kappa shape index (κ3) is 3.73. The first kappa shape index (κ1) is 15.6. The predicted molar refractivity (Wildman–Crippen MR) is 67.5 cm³/mol. The van der Waals surface area contributed by atoms with E-state index in [-0.39, 0.29) is 18.3 Å². The molecule has 0 saturated carbocycles. The smallest absolute Gasteiger partial charge is 0.319 e. The van der Waals surface area contributed by atoms with Gasteiger partial charge in [0.1, 0.15) is 5.82 Å². The van der Waals surface area contributed by atoms with Crippen LogP contribution in [-0.2, 0) is 11.3 Å². The minimum Gasteiger partial charge on any atom is -0.337 e. The summed E-state index contributed by atoms with van der Waals surface area (Å²) >= 11 is 0. The molecule has 0 aliphatic carbocycles. The normalized spacial score (nSPS) is 14.5. The number of rotatable bonds is 6. The first-order valence-corrected chi connectivity index (χ1v) is 6.14. The molecule has 0 spiro atoms. The second-order valence-corrected chi connectivity index (χ2v) is 4.86. The van der Waals surface area contributed by atoms with E-state index in [4.69, 9.17) is 5.73 Å². The van der Waals surface area contributed by atoms with Crippen molar-refractivity contribution in [3.05, 3.63) is 18.2 Å². The largest absolute Gasteiger partial charge is 0.337 e. The van der Waals surface area contributed by atoms with Crippen molar-refractivity contribution in [2.75, 3.05) is 7.05 Å². The Morgan fingerprint density at radius 3 is 2.79 bits per heavy atom. The fraction of sp³-hybridized carbons (Fsp3) is 0.667. The molecule has 1 amide bonds. The van der Waals surface area contributed by atoms with Crippen molar-refractivity contribution in [1.29, 1.82) is 0 Å². The van der Waals surface area contributed by atoms with Gasteiger partial charge in [-0.05, 0) is 13.3 Å². The Hall–Kier alpha value is -1.50. The molecule has 0 saturated heterocycles. The van der Waals surface area contributed by atoms with Crippen LogP contribution in [0.1, 0.15) is 39.1 Å². The van der Waals surface area contributed by atoms with Crippen molar-refractivity contribution in [3.8, 4) is 0 Å². The molecule has 7 heteroatoms. The zero-order valence-electron chi connectivity index (χ0n) is 11.4. The number of likely N-dealkylation sites (N-methyl/N-ethyl adjacent to an activating group) is 1. The molecular formula is C12H20F2N4O. The fourth-order valence-corrected chi connectivity index (χ4v) is 1.99. The molecular weight excluding hydrogens is 254 g/mol. The Bertz CT molecular complexity index is 431. The van der Waals surface area contributed by atoms with Gasteiger partial charge in [-0.15, -0.1) is 0 Å². The lowest BCUT2D eigenvalue weighted by Crippen LogP contribution is -2.51. The Morgan fingerprint density at radius 2 is 2.26 bits per heavy atom. The molecule has 1 aromatic heterocycles. The molecule has 1 rings (SSSR count). The lowest BCUT2D eigenvalue weighted by atomic mass is 9.96.